The van der Waals surface area contributed by atoms with E-state index in [2.05, 4.69) is 24.1 Å². The van der Waals surface area contributed by atoms with Gasteiger partial charge < -0.3 is 10.2 Å². The monoisotopic (exact) mass is 346 g/mol. The van der Waals surface area contributed by atoms with Gasteiger partial charge in [-0.2, -0.15) is 0 Å². The molecule has 6 heteroatoms. The molecule has 0 spiro atoms. The van der Waals surface area contributed by atoms with Crippen molar-refractivity contribution in [2.24, 2.45) is 0 Å². The molecule has 0 aliphatic heterocycles. The fourth-order valence-corrected chi connectivity index (χ4v) is 3.41. The number of hydrogen-bond acceptors (Lipinski definition) is 4. The molecular formula is C18H22N2O3S. The SMILES string of the molecule is CCN(CC)c1ccc(NC(=O)c2ccccc2S(C)(=O)=O)cc1. The standard InChI is InChI=1S/C18H22N2O3S/c1-4-20(5-2)15-12-10-14(11-13-15)19-18(21)16-8-6-7-9-17(16)24(3,22)23/h6-13H,4-5H2,1-3H3,(H,19,21). The lowest BCUT2D eigenvalue weighted by Crippen LogP contribution is -2.21. The van der Waals surface area contributed by atoms with Crippen molar-refractivity contribution in [2.75, 3.05) is 29.6 Å². The van der Waals surface area contributed by atoms with Crippen LogP contribution < -0.4 is 10.2 Å². The summed E-state index contributed by atoms with van der Waals surface area (Å²) in [5, 5.41) is 2.75. The molecule has 0 radical (unpaired) electrons. The molecule has 0 saturated carbocycles. The van der Waals surface area contributed by atoms with Gasteiger partial charge in [0, 0.05) is 30.7 Å². The molecule has 0 saturated heterocycles. The van der Waals surface area contributed by atoms with Gasteiger partial charge in [-0.25, -0.2) is 8.42 Å². The molecular weight excluding hydrogens is 324 g/mol. The molecule has 0 unspecified atom stereocenters. The Balaban J connectivity index is 2.22. The van der Waals surface area contributed by atoms with Gasteiger partial charge in [0.05, 0.1) is 10.5 Å². The van der Waals surface area contributed by atoms with Crippen LogP contribution in [0, 0.1) is 0 Å². The lowest BCUT2D eigenvalue weighted by atomic mass is 10.2. The Morgan fingerprint density at radius 2 is 1.58 bits per heavy atom. The lowest BCUT2D eigenvalue weighted by Gasteiger charge is -2.21. The summed E-state index contributed by atoms with van der Waals surface area (Å²) in [4.78, 5) is 14.7. The van der Waals surface area contributed by atoms with Crippen LogP contribution in [0.1, 0.15) is 24.2 Å². The molecule has 1 N–H and O–H groups in total. The van der Waals surface area contributed by atoms with E-state index in [-0.39, 0.29) is 10.5 Å². The summed E-state index contributed by atoms with van der Waals surface area (Å²) >= 11 is 0. The summed E-state index contributed by atoms with van der Waals surface area (Å²) in [6.45, 7) is 5.98. The minimum absolute atomic E-state index is 0.0299. The Hall–Kier alpha value is -2.34. The van der Waals surface area contributed by atoms with E-state index < -0.39 is 15.7 Å². The third-order valence-electron chi connectivity index (χ3n) is 3.78. The number of nitrogens with zero attached hydrogens (tertiary/aromatic N) is 1. The normalized spacial score (nSPS) is 11.1. The molecule has 2 aromatic carbocycles. The van der Waals surface area contributed by atoms with Gasteiger partial charge in [0.1, 0.15) is 0 Å². The molecule has 1 amide bonds. The summed E-state index contributed by atoms with van der Waals surface area (Å²) in [5.74, 6) is -0.438. The van der Waals surface area contributed by atoms with Crippen LogP contribution in [-0.2, 0) is 9.84 Å². The third-order valence-corrected chi connectivity index (χ3v) is 4.94. The predicted octanol–water partition coefficient (Wildman–Crippen LogP) is 3.19. The molecule has 0 aliphatic rings. The molecule has 0 heterocycles. The molecule has 0 bridgehead atoms. The first-order valence-electron chi connectivity index (χ1n) is 7.82. The van der Waals surface area contributed by atoms with Crippen molar-refractivity contribution in [3.8, 4) is 0 Å². The number of rotatable bonds is 6. The summed E-state index contributed by atoms with van der Waals surface area (Å²) in [7, 11) is -3.46. The highest BCUT2D eigenvalue weighted by molar-refractivity contribution is 7.90. The van der Waals surface area contributed by atoms with Crippen LogP contribution in [-0.4, -0.2) is 33.7 Å². The summed E-state index contributed by atoms with van der Waals surface area (Å²) in [6.07, 6.45) is 1.10. The molecule has 0 aromatic heterocycles. The average molecular weight is 346 g/mol. The second-order valence-electron chi connectivity index (χ2n) is 5.44. The zero-order valence-corrected chi connectivity index (χ0v) is 14.9. The topological polar surface area (TPSA) is 66.5 Å². The Morgan fingerprint density at radius 1 is 1.00 bits per heavy atom. The largest absolute Gasteiger partial charge is 0.372 e. The van der Waals surface area contributed by atoms with E-state index in [0.29, 0.717) is 5.69 Å². The van der Waals surface area contributed by atoms with E-state index in [4.69, 9.17) is 0 Å². The fraction of sp³-hybridized carbons (Fsp3) is 0.278. The van der Waals surface area contributed by atoms with Crippen molar-refractivity contribution in [3.05, 3.63) is 54.1 Å². The quantitative estimate of drug-likeness (QED) is 0.872. The van der Waals surface area contributed by atoms with E-state index in [1.165, 1.54) is 12.1 Å². The second kappa shape index (κ2) is 7.49. The molecule has 5 nitrogen and oxygen atoms in total. The molecule has 0 fully saturated rings. The maximum Gasteiger partial charge on any atom is 0.256 e. The van der Waals surface area contributed by atoms with Crippen LogP contribution in [0.5, 0.6) is 0 Å². The van der Waals surface area contributed by atoms with Crippen molar-refractivity contribution in [1.82, 2.24) is 0 Å². The van der Waals surface area contributed by atoms with E-state index in [0.717, 1.165) is 25.0 Å². The minimum Gasteiger partial charge on any atom is -0.372 e. The van der Waals surface area contributed by atoms with Crippen LogP contribution in [0.25, 0.3) is 0 Å². The number of benzene rings is 2. The van der Waals surface area contributed by atoms with Crippen LogP contribution in [0.4, 0.5) is 11.4 Å². The average Bonchev–Trinajstić information content (AvgIpc) is 2.56. The van der Waals surface area contributed by atoms with Crippen LogP contribution in [0.3, 0.4) is 0 Å². The van der Waals surface area contributed by atoms with Gasteiger partial charge in [0.2, 0.25) is 0 Å². The molecule has 24 heavy (non-hydrogen) atoms. The zero-order valence-electron chi connectivity index (χ0n) is 14.1. The summed E-state index contributed by atoms with van der Waals surface area (Å²) in [5.41, 5.74) is 1.85. The highest BCUT2D eigenvalue weighted by atomic mass is 32.2. The number of carbonyl (C=O) groups is 1. The van der Waals surface area contributed by atoms with Gasteiger partial charge in [-0.15, -0.1) is 0 Å². The van der Waals surface area contributed by atoms with Gasteiger partial charge in [0.25, 0.3) is 5.91 Å². The van der Waals surface area contributed by atoms with E-state index in [1.54, 1.807) is 12.1 Å². The van der Waals surface area contributed by atoms with Crippen LogP contribution >= 0.6 is 0 Å². The van der Waals surface area contributed by atoms with Crippen molar-refractivity contribution in [1.29, 1.82) is 0 Å². The second-order valence-corrected chi connectivity index (χ2v) is 7.43. The Labute approximate surface area is 143 Å². The Bertz CT molecular complexity index is 810. The van der Waals surface area contributed by atoms with Gasteiger partial charge in [-0.05, 0) is 50.2 Å². The highest BCUT2D eigenvalue weighted by Gasteiger charge is 2.18. The number of amides is 1. The predicted molar refractivity (Wildman–Crippen MR) is 97.5 cm³/mol. The van der Waals surface area contributed by atoms with Gasteiger partial charge >= 0.3 is 0 Å². The van der Waals surface area contributed by atoms with Crippen LogP contribution in [0.15, 0.2) is 53.4 Å². The van der Waals surface area contributed by atoms with Crippen molar-refractivity contribution < 1.29 is 13.2 Å². The summed E-state index contributed by atoms with van der Waals surface area (Å²) < 4.78 is 23.6. The molecule has 0 aliphatic carbocycles. The van der Waals surface area contributed by atoms with Crippen molar-refractivity contribution in [2.45, 2.75) is 18.7 Å². The van der Waals surface area contributed by atoms with Crippen molar-refractivity contribution >= 4 is 27.1 Å². The Kier molecular flexibility index (Phi) is 5.62. The van der Waals surface area contributed by atoms with E-state index >= 15 is 0 Å². The number of sulfone groups is 1. The van der Waals surface area contributed by atoms with Gasteiger partial charge in [-0.1, -0.05) is 12.1 Å². The maximum absolute atomic E-state index is 12.4. The van der Waals surface area contributed by atoms with Gasteiger partial charge in [0.15, 0.2) is 9.84 Å². The summed E-state index contributed by atoms with van der Waals surface area (Å²) in [6, 6.07) is 13.7. The molecule has 2 aromatic rings. The van der Waals surface area contributed by atoms with Crippen molar-refractivity contribution in [3.63, 3.8) is 0 Å². The van der Waals surface area contributed by atoms with Crippen LogP contribution in [0.2, 0.25) is 0 Å². The first kappa shape index (κ1) is 18.0. The molecule has 128 valence electrons. The Morgan fingerprint density at radius 3 is 2.12 bits per heavy atom. The minimum atomic E-state index is -3.46. The zero-order chi connectivity index (χ0) is 17.7. The number of hydrogen-bond donors (Lipinski definition) is 1. The van der Waals surface area contributed by atoms with E-state index in [1.807, 2.05) is 24.3 Å². The number of anilines is 2. The van der Waals surface area contributed by atoms with E-state index in [9.17, 15) is 13.2 Å². The maximum atomic E-state index is 12.4. The first-order chi connectivity index (χ1) is 11.4. The molecule has 2 rings (SSSR count). The lowest BCUT2D eigenvalue weighted by molar-refractivity contribution is 0.102. The number of carbonyl (C=O) groups excluding carboxylic acids is 1. The smallest absolute Gasteiger partial charge is 0.256 e. The first-order valence-corrected chi connectivity index (χ1v) is 9.71. The number of nitrogens with one attached hydrogen (secondary N) is 1. The highest BCUT2D eigenvalue weighted by Crippen LogP contribution is 2.20. The molecule has 0 atom stereocenters. The third kappa shape index (κ3) is 4.14. The van der Waals surface area contributed by atoms with Gasteiger partial charge in [-0.3, -0.25) is 4.79 Å². The fourth-order valence-electron chi connectivity index (χ4n) is 2.52.